The molecule has 2 rings (SSSR count). The smallest absolute Gasteiger partial charge is 0.0673 e. The fourth-order valence-electron chi connectivity index (χ4n) is 3.80. The Hall–Kier alpha value is -0.0400. The van der Waals surface area contributed by atoms with Gasteiger partial charge in [-0.1, -0.05) is 58.8 Å². The molecular weight excluding hydrogens is 232 g/mol. The van der Waals surface area contributed by atoms with E-state index in [-0.39, 0.29) is 5.60 Å². The topological polar surface area (TPSA) is 20.2 Å². The van der Waals surface area contributed by atoms with Crippen molar-refractivity contribution in [3.8, 4) is 0 Å². The van der Waals surface area contributed by atoms with E-state index < -0.39 is 0 Å². The average Bonchev–Trinajstić information content (AvgIpc) is 3.23. The molecule has 2 aliphatic rings. The van der Waals surface area contributed by atoms with Gasteiger partial charge >= 0.3 is 0 Å². The minimum absolute atomic E-state index is 0.323. The molecule has 0 bridgehead atoms. The van der Waals surface area contributed by atoms with E-state index in [4.69, 9.17) is 0 Å². The van der Waals surface area contributed by atoms with Gasteiger partial charge in [0.1, 0.15) is 0 Å². The van der Waals surface area contributed by atoms with Crippen LogP contribution in [0.5, 0.6) is 0 Å². The van der Waals surface area contributed by atoms with Crippen LogP contribution in [0, 0.1) is 17.8 Å². The van der Waals surface area contributed by atoms with E-state index in [1.807, 2.05) is 0 Å². The molecule has 112 valence electrons. The van der Waals surface area contributed by atoms with Gasteiger partial charge in [-0.3, -0.25) is 0 Å². The van der Waals surface area contributed by atoms with Crippen molar-refractivity contribution in [1.82, 2.24) is 0 Å². The van der Waals surface area contributed by atoms with Gasteiger partial charge in [0, 0.05) is 0 Å². The molecule has 1 atom stereocenters. The third-order valence-electron chi connectivity index (χ3n) is 5.81. The highest BCUT2D eigenvalue weighted by atomic mass is 16.3. The summed E-state index contributed by atoms with van der Waals surface area (Å²) in [5.41, 5.74) is -0.323. The van der Waals surface area contributed by atoms with Crippen LogP contribution in [0.4, 0.5) is 0 Å². The summed E-state index contributed by atoms with van der Waals surface area (Å²) in [4.78, 5) is 0. The standard InChI is InChI=1S/C18H34O/c1-3-4-5-6-16-11-13-18(19,14-12-16)15(2)7-8-17-9-10-17/h15-17,19H,3-14H2,1-2H3. The quantitative estimate of drug-likeness (QED) is 0.590. The maximum absolute atomic E-state index is 10.9. The normalized spacial score (nSPS) is 33.3. The molecule has 0 aromatic heterocycles. The molecule has 0 saturated heterocycles. The van der Waals surface area contributed by atoms with Crippen molar-refractivity contribution in [1.29, 1.82) is 0 Å². The van der Waals surface area contributed by atoms with E-state index in [0.717, 1.165) is 24.7 Å². The first-order valence-electron chi connectivity index (χ1n) is 8.86. The zero-order valence-electron chi connectivity index (χ0n) is 13.2. The summed E-state index contributed by atoms with van der Waals surface area (Å²) >= 11 is 0. The largest absolute Gasteiger partial charge is 0.390 e. The Morgan fingerprint density at radius 2 is 1.63 bits per heavy atom. The van der Waals surface area contributed by atoms with Gasteiger partial charge in [0.25, 0.3) is 0 Å². The summed E-state index contributed by atoms with van der Waals surface area (Å²) in [7, 11) is 0. The van der Waals surface area contributed by atoms with Gasteiger partial charge in [0.2, 0.25) is 0 Å². The van der Waals surface area contributed by atoms with E-state index in [1.54, 1.807) is 0 Å². The highest BCUT2D eigenvalue weighted by molar-refractivity contribution is 4.90. The maximum Gasteiger partial charge on any atom is 0.0673 e. The number of hydrogen-bond acceptors (Lipinski definition) is 1. The van der Waals surface area contributed by atoms with Crippen LogP contribution in [0.3, 0.4) is 0 Å². The maximum atomic E-state index is 10.9. The van der Waals surface area contributed by atoms with Crippen LogP contribution >= 0.6 is 0 Å². The van der Waals surface area contributed by atoms with Crippen molar-refractivity contribution >= 4 is 0 Å². The molecule has 0 radical (unpaired) electrons. The Morgan fingerprint density at radius 1 is 1.00 bits per heavy atom. The third-order valence-corrected chi connectivity index (χ3v) is 5.81. The summed E-state index contributed by atoms with van der Waals surface area (Å²) in [5.74, 6) is 2.43. The van der Waals surface area contributed by atoms with Crippen LogP contribution in [-0.4, -0.2) is 10.7 Å². The molecule has 0 heterocycles. The predicted molar refractivity (Wildman–Crippen MR) is 82.2 cm³/mol. The molecule has 2 fully saturated rings. The first-order valence-corrected chi connectivity index (χ1v) is 8.86. The lowest BCUT2D eigenvalue weighted by atomic mass is 9.70. The number of hydrogen-bond donors (Lipinski definition) is 1. The third kappa shape index (κ3) is 4.77. The van der Waals surface area contributed by atoms with E-state index in [2.05, 4.69) is 13.8 Å². The fourth-order valence-corrected chi connectivity index (χ4v) is 3.80. The predicted octanol–water partition coefficient (Wildman–Crippen LogP) is 5.31. The van der Waals surface area contributed by atoms with Crippen molar-refractivity contribution in [3.05, 3.63) is 0 Å². The summed E-state index contributed by atoms with van der Waals surface area (Å²) in [6.45, 7) is 4.57. The molecular formula is C18H34O. The van der Waals surface area contributed by atoms with Crippen LogP contribution in [-0.2, 0) is 0 Å². The molecule has 0 amide bonds. The molecule has 0 aliphatic heterocycles. The van der Waals surface area contributed by atoms with E-state index >= 15 is 0 Å². The second-order valence-corrected chi connectivity index (χ2v) is 7.46. The minimum Gasteiger partial charge on any atom is -0.390 e. The van der Waals surface area contributed by atoms with Crippen LogP contribution in [0.25, 0.3) is 0 Å². The molecule has 1 unspecified atom stereocenters. The lowest BCUT2D eigenvalue weighted by molar-refractivity contribution is -0.0577. The molecule has 1 N–H and O–H groups in total. The lowest BCUT2D eigenvalue weighted by Crippen LogP contribution is -2.40. The van der Waals surface area contributed by atoms with Gasteiger partial charge in [-0.15, -0.1) is 0 Å². The van der Waals surface area contributed by atoms with Crippen LogP contribution in [0.15, 0.2) is 0 Å². The number of aliphatic hydroxyl groups is 1. The lowest BCUT2D eigenvalue weighted by Gasteiger charge is -2.40. The Bertz CT molecular complexity index is 248. The molecule has 0 aromatic carbocycles. The number of unbranched alkanes of at least 4 members (excludes halogenated alkanes) is 2. The first kappa shape index (κ1) is 15.4. The SMILES string of the molecule is CCCCCC1CCC(O)(C(C)CCC2CC2)CC1. The Kier molecular flexibility index (Phi) is 5.74. The molecule has 0 spiro atoms. The van der Waals surface area contributed by atoms with Gasteiger partial charge in [-0.25, -0.2) is 0 Å². The summed E-state index contributed by atoms with van der Waals surface area (Å²) in [6.07, 6.45) is 15.7. The van der Waals surface area contributed by atoms with E-state index in [9.17, 15) is 5.11 Å². The average molecular weight is 266 g/mol. The number of rotatable bonds is 8. The van der Waals surface area contributed by atoms with Crippen molar-refractivity contribution < 1.29 is 5.11 Å². The van der Waals surface area contributed by atoms with Gasteiger partial charge in [-0.2, -0.15) is 0 Å². The summed E-state index contributed by atoms with van der Waals surface area (Å²) in [6, 6.07) is 0. The van der Waals surface area contributed by atoms with E-state index in [1.165, 1.54) is 64.2 Å². The van der Waals surface area contributed by atoms with Gasteiger partial charge < -0.3 is 5.11 Å². The molecule has 2 aliphatic carbocycles. The highest BCUT2D eigenvalue weighted by Crippen LogP contribution is 2.42. The Labute approximate surface area is 120 Å². The molecule has 2 saturated carbocycles. The Balaban J connectivity index is 1.67. The summed E-state index contributed by atoms with van der Waals surface area (Å²) < 4.78 is 0. The van der Waals surface area contributed by atoms with Crippen LogP contribution in [0.2, 0.25) is 0 Å². The second-order valence-electron chi connectivity index (χ2n) is 7.46. The highest BCUT2D eigenvalue weighted by Gasteiger charge is 2.38. The molecule has 0 aromatic rings. The van der Waals surface area contributed by atoms with Crippen molar-refractivity contribution in [2.24, 2.45) is 17.8 Å². The molecule has 1 heteroatoms. The van der Waals surface area contributed by atoms with Crippen LogP contribution < -0.4 is 0 Å². The zero-order chi connectivity index (χ0) is 13.7. The minimum atomic E-state index is -0.323. The molecule has 1 nitrogen and oxygen atoms in total. The second kappa shape index (κ2) is 7.11. The zero-order valence-corrected chi connectivity index (χ0v) is 13.2. The van der Waals surface area contributed by atoms with Crippen LogP contribution in [0.1, 0.15) is 90.9 Å². The fraction of sp³-hybridized carbons (Fsp3) is 1.00. The monoisotopic (exact) mass is 266 g/mol. The Morgan fingerprint density at radius 3 is 2.21 bits per heavy atom. The van der Waals surface area contributed by atoms with Crippen molar-refractivity contribution in [2.45, 2.75) is 96.5 Å². The summed E-state index contributed by atoms with van der Waals surface area (Å²) in [5, 5.41) is 10.9. The van der Waals surface area contributed by atoms with Gasteiger partial charge in [0.15, 0.2) is 0 Å². The molecule has 19 heavy (non-hydrogen) atoms. The van der Waals surface area contributed by atoms with Crippen molar-refractivity contribution in [3.63, 3.8) is 0 Å². The van der Waals surface area contributed by atoms with Crippen molar-refractivity contribution in [2.75, 3.05) is 0 Å². The van der Waals surface area contributed by atoms with E-state index in [0.29, 0.717) is 5.92 Å². The first-order chi connectivity index (χ1) is 9.14. The van der Waals surface area contributed by atoms with Gasteiger partial charge in [-0.05, 0) is 49.9 Å². The van der Waals surface area contributed by atoms with Gasteiger partial charge in [0.05, 0.1) is 5.60 Å².